The molecule has 7 heteroatoms. The lowest BCUT2D eigenvalue weighted by Gasteiger charge is -2.42. The summed E-state index contributed by atoms with van der Waals surface area (Å²) in [6.45, 7) is 1.87. The summed E-state index contributed by atoms with van der Waals surface area (Å²) < 4.78 is 5.97. The molecule has 0 bridgehead atoms. The molecule has 3 aliphatic heterocycles. The minimum absolute atomic E-state index is 0.0437. The lowest BCUT2D eigenvalue weighted by Crippen LogP contribution is -2.56. The SMILES string of the molecule is O=C(c1cncc(O)c1)N1CC[C@@]23OCCCN2C(=O)C[C@@H]13. The van der Waals surface area contributed by atoms with Crippen molar-refractivity contribution >= 4 is 11.8 Å². The van der Waals surface area contributed by atoms with Crippen molar-refractivity contribution in [2.24, 2.45) is 0 Å². The average molecular weight is 303 g/mol. The van der Waals surface area contributed by atoms with Gasteiger partial charge in [-0.1, -0.05) is 0 Å². The van der Waals surface area contributed by atoms with E-state index in [-0.39, 0.29) is 23.6 Å². The molecular weight excluding hydrogens is 286 g/mol. The van der Waals surface area contributed by atoms with Crippen LogP contribution in [0.2, 0.25) is 0 Å². The highest BCUT2D eigenvalue weighted by Crippen LogP contribution is 2.45. The maximum absolute atomic E-state index is 12.7. The fourth-order valence-electron chi connectivity index (χ4n) is 3.90. The number of amides is 2. The first-order valence-electron chi connectivity index (χ1n) is 7.51. The number of hydrogen-bond donors (Lipinski definition) is 1. The number of aromatic nitrogens is 1. The van der Waals surface area contributed by atoms with Crippen LogP contribution in [0.5, 0.6) is 5.75 Å². The molecule has 1 spiro atoms. The van der Waals surface area contributed by atoms with Crippen molar-refractivity contribution in [3.8, 4) is 5.75 Å². The van der Waals surface area contributed by atoms with Crippen molar-refractivity contribution < 1.29 is 19.4 Å². The van der Waals surface area contributed by atoms with Gasteiger partial charge in [0.25, 0.3) is 5.91 Å². The van der Waals surface area contributed by atoms with E-state index in [1.54, 1.807) is 9.80 Å². The number of aromatic hydroxyl groups is 1. The predicted octanol–water partition coefficient (Wildman–Crippen LogP) is 0.351. The van der Waals surface area contributed by atoms with E-state index in [2.05, 4.69) is 4.98 Å². The fraction of sp³-hybridized carbons (Fsp3) is 0.533. The number of ether oxygens (including phenoxy) is 1. The molecule has 0 aliphatic carbocycles. The Balaban J connectivity index is 1.65. The molecule has 116 valence electrons. The van der Waals surface area contributed by atoms with Gasteiger partial charge in [0.1, 0.15) is 5.75 Å². The lowest BCUT2D eigenvalue weighted by molar-refractivity contribution is -0.179. The molecule has 2 atom stereocenters. The van der Waals surface area contributed by atoms with E-state index in [0.717, 1.165) is 6.42 Å². The molecular formula is C15H17N3O4. The second kappa shape index (κ2) is 4.67. The van der Waals surface area contributed by atoms with Gasteiger partial charge < -0.3 is 19.6 Å². The first-order chi connectivity index (χ1) is 10.6. The molecule has 1 aromatic rings. The molecule has 0 unspecified atom stereocenters. The van der Waals surface area contributed by atoms with Gasteiger partial charge in [0.15, 0.2) is 5.72 Å². The summed E-state index contributed by atoms with van der Waals surface area (Å²) in [6.07, 6.45) is 4.50. The van der Waals surface area contributed by atoms with E-state index in [4.69, 9.17) is 4.74 Å². The second-order valence-electron chi connectivity index (χ2n) is 5.99. The Morgan fingerprint density at radius 2 is 2.27 bits per heavy atom. The van der Waals surface area contributed by atoms with Crippen molar-refractivity contribution in [1.82, 2.24) is 14.8 Å². The van der Waals surface area contributed by atoms with Gasteiger partial charge in [-0.05, 0) is 12.5 Å². The molecule has 1 aromatic heterocycles. The molecule has 7 nitrogen and oxygen atoms in total. The number of hydrogen-bond acceptors (Lipinski definition) is 5. The van der Waals surface area contributed by atoms with Crippen molar-refractivity contribution in [1.29, 1.82) is 0 Å². The molecule has 4 rings (SSSR count). The highest BCUT2D eigenvalue weighted by Gasteiger charge is 2.61. The Bertz CT molecular complexity index is 649. The third-order valence-electron chi connectivity index (χ3n) is 4.84. The largest absolute Gasteiger partial charge is 0.506 e. The number of nitrogens with zero attached hydrogens (tertiary/aromatic N) is 3. The monoisotopic (exact) mass is 303 g/mol. The molecule has 0 aromatic carbocycles. The van der Waals surface area contributed by atoms with Crippen LogP contribution in [0.3, 0.4) is 0 Å². The summed E-state index contributed by atoms with van der Waals surface area (Å²) >= 11 is 0. The first-order valence-corrected chi connectivity index (χ1v) is 7.51. The Morgan fingerprint density at radius 3 is 3.09 bits per heavy atom. The highest BCUT2D eigenvalue weighted by molar-refractivity contribution is 5.95. The van der Waals surface area contributed by atoms with E-state index in [1.165, 1.54) is 18.5 Å². The Morgan fingerprint density at radius 1 is 1.41 bits per heavy atom. The Labute approximate surface area is 127 Å². The van der Waals surface area contributed by atoms with Crippen LogP contribution in [0.1, 0.15) is 29.6 Å². The van der Waals surface area contributed by atoms with Gasteiger partial charge in [-0.2, -0.15) is 0 Å². The third kappa shape index (κ3) is 1.75. The number of rotatable bonds is 1. The van der Waals surface area contributed by atoms with Gasteiger partial charge in [0.2, 0.25) is 5.91 Å². The highest BCUT2D eigenvalue weighted by atomic mass is 16.5. The van der Waals surface area contributed by atoms with Gasteiger partial charge >= 0.3 is 0 Å². The summed E-state index contributed by atoms with van der Waals surface area (Å²) in [7, 11) is 0. The molecule has 4 heterocycles. The molecule has 22 heavy (non-hydrogen) atoms. The van der Waals surface area contributed by atoms with Crippen molar-refractivity contribution in [3.63, 3.8) is 0 Å². The first kappa shape index (κ1) is 13.5. The quantitative estimate of drug-likeness (QED) is 0.809. The molecule has 3 fully saturated rings. The van der Waals surface area contributed by atoms with Crippen LogP contribution >= 0.6 is 0 Å². The van der Waals surface area contributed by atoms with Crippen LogP contribution in [-0.2, 0) is 9.53 Å². The van der Waals surface area contributed by atoms with E-state index in [9.17, 15) is 14.7 Å². The predicted molar refractivity (Wildman–Crippen MR) is 75.0 cm³/mol. The van der Waals surface area contributed by atoms with Gasteiger partial charge in [0, 0.05) is 25.7 Å². The van der Waals surface area contributed by atoms with Crippen LogP contribution in [0.15, 0.2) is 18.5 Å². The topological polar surface area (TPSA) is 83.0 Å². The van der Waals surface area contributed by atoms with Crippen LogP contribution in [0, 0.1) is 0 Å². The molecule has 2 amide bonds. The van der Waals surface area contributed by atoms with E-state index in [1.807, 2.05) is 0 Å². The zero-order chi connectivity index (χ0) is 15.3. The molecule has 0 radical (unpaired) electrons. The summed E-state index contributed by atoms with van der Waals surface area (Å²) in [4.78, 5) is 32.3. The normalized spacial score (nSPS) is 30.4. The summed E-state index contributed by atoms with van der Waals surface area (Å²) in [5.41, 5.74) is -0.311. The van der Waals surface area contributed by atoms with Crippen LogP contribution in [0.4, 0.5) is 0 Å². The lowest BCUT2D eigenvalue weighted by atomic mass is 10.0. The zero-order valence-corrected chi connectivity index (χ0v) is 12.1. The minimum Gasteiger partial charge on any atom is -0.506 e. The summed E-state index contributed by atoms with van der Waals surface area (Å²) in [5, 5.41) is 9.50. The molecule has 1 N–H and O–H groups in total. The smallest absolute Gasteiger partial charge is 0.255 e. The maximum atomic E-state index is 12.7. The standard InChI is InChI=1S/C15H17N3O4/c19-11-6-10(8-16-9-11)14(21)17-4-2-15-12(17)7-13(20)18(15)3-1-5-22-15/h6,8-9,12,19H,1-5,7H2/t12-,15+/m1/s1. The van der Waals surface area contributed by atoms with E-state index < -0.39 is 5.72 Å². The number of pyridine rings is 1. The molecule has 3 saturated heterocycles. The zero-order valence-electron chi connectivity index (χ0n) is 12.1. The van der Waals surface area contributed by atoms with Crippen molar-refractivity contribution in [3.05, 3.63) is 24.0 Å². The number of carbonyl (C=O) groups excluding carboxylic acids is 2. The molecule has 3 aliphatic rings. The fourth-order valence-corrected chi connectivity index (χ4v) is 3.90. The Kier molecular flexibility index (Phi) is 2.87. The van der Waals surface area contributed by atoms with Crippen LogP contribution in [0.25, 0.3) is 0 Å². The number of carbonyl (C=O) groups is 2. The van der Waals surface area contributed by atoms with Gasteiger partial charge in [0.05, 0.1) is 30.8 Å². The van der Waals surface area contributed by atoms with Crippen molar-refractivity contribution in [2.45, 2.75) is 31.0 Å². The number of likely N-dealkylation sites (tertiary alicyclic amines) is 1. The van der Waals surface area contributed by atoms with Gasteiger partial charge in [-0.15, -0.1) is 0 Å². The third-order valence-corrected chi connectivity index (χ3v) is 4.84. The maximum Gasteiger partial charge on any atom is 0.255 e. The second-order valence-corrected chi connectivity index (χ2v) is 5.99. The van der Waals surface area contributed by atoms with Crippen LogP contribution in [-0.4, -0.2) is 63.2 Å². The van der Waals surface area contributed by atoms with Gasteiger partial charge in [-0.3, -0.25) is 14.6 Å². The minimum atomic E-state index is -0.644. The summed E-state index contributed by atoms with van der Waals surface area (Å²) in [6, 6.07) is 1.14. The van der Waals surface area contributed by atoms with E-state index in [0.29, 0.717) is 38.1 Å². The molecule has 0 saturated carbocycles. The van der Waals surface area contributed by atoms with E-state index >= 15 is 0 Å². The van der Waals surface area contributed by atoms with Gasteiger partial charge in [-0.25, -0.2) is 0 Å². The average Bonchev–Trinajstić information content (AvgIpc) is 2.99. The van der Waals surface area contributed by atoms with Crippen molar-refractivity contribution in [2.75, 3.05) is 19.7 Å². The van der Waals surface area contributed by atoms with Crippen LogP contribution < -0.4 is 0 Å². The Hall–Kier alpha value is -2.15. The summed E-state index contributed by atoms with van der Waals surface area (Å²) in [5.74, 6) is -0.205.